The molecule has 0 radical (unpaired) electrons. The monoisotopic (exact) mass is 303 g/mol. The van der Waals surface area contributed by atoms with Gasteiger partial charge in [0.25, 0.3) is 0 Å². The van der Waals surface area contributed by atoms with Crippen molar-refractivity contribution < 1.29 is 4.74 Å². The van der Waals surface area contributed by atoms with Gasteiger partial charge in [0.2, 0.25) is 0 Å². The van der Waals surface area contributed by atoms with Gasteiger partial charge in [-0.25, -0.2) is 9.97 Å². The second-order valence-corrected chi connectivity index (χ2v) is 6.08. The van der Waals surface area contributed by atoms with Gasteiger partial charge in [0.05, 0.1) is 6.61 Å². The molecule has 1 aromatic heterocycles. The number of aryl methyl sites for hydroxylation is 3. The van der Waals surface area contributed by atoms with Crippen LogP contribution in [0, 0.1) is 20.8 Å². The molecule has 0 aliphatic carbocycles. The van der Waals surface area contributed by atoms with Crippen molar-refractivity contribution in [1.29, 1.82) is 0 Å². The van der Waals surface area contributed by atoms with E-state index in [-0.39, 0.29) is 0 Å². The SMILES string of the molecule is Cc1cc(N)nc(SCCCOc2ccc(C)c(C)c2)n1. The summed E-state index contributed by atoms with van der Waals surface area (Å²) in [7, 11) is 0. The van der Waals surface area contributed by atoms with E-state index >= 15 is 0 Å². The summed E-state index contributed by atoms with van der Waals surface area (Å²) >= 11 is 1.61. The number of rotatable bonds is 6. The van der Waals surface area contributed by atoms with Gasteiger partial charge < -0.3 is 10.5 Å². The molecule has 112 valence electrons. The number of thioether (sulfide) groups is 1. The van der Waals surface area contributed by atoms with Crippen molar-refractivity contribution in [2.75, 3.05) is 18.1 Å². The summed E-state index contributed by atoms with van der Waals surface area (Å²) < 4.78 is 5.75. The minimum Gasteiger partial charge on any atom is -0.494 e. The van der Waals surface area contributed by atoms with E-state index in [1.54, 1.807) is 17.8 Å². The van der Waals surface area contributed by atoms with E-state index in [4.69, 9.17) is 10.5 Å². The van der Waals surface area contributed by atoms with Crippen molar-refractivity contribution in [2.24, 2.45) is 0 Å². The Morgan fingerprint density at radius 2 is 1.90 bits per heavy atom. The highest BCUT2D eigenvalue weighted by molar-refractivity contribution is 7.99. The summed E-state index contributed by atoms with van der Waals surface area (Å²) in [6.45, 7) is 6.81. The van der Waals surface area contributed by atoms with Crippen LogP contribution < -0.4 is 10.5 Å². The standard InChI is InChI=1S/C16H21N3OS/c1-11-5-6-14(9-12(11)2)20-7-4-8-21-16-18-13(3)10-15(17)19-16/h5-6,9-10H,4,7-8H2,1-3H3,(H2,17,18,19). The van der Waals surface area contributed by atoms with Gasteiger partial charge >= 0.3 is 0 Å². The van der Waals surface area contributed by atoms with Crippen LogP contribution in [0.25, 0.3) is 0 Å². The lowest BCUT2D eigenvalue weighted by Gasteiger charge is -2.08. The van der Waals surface area contributed by atoms with Crippen molar-refractivity contribution in [1.82, 2.24) is 9.97 Å². The van der Waals surface area contributed by atoms with E-state index in [9.17, 15) is 0 Å². The molecule has 0 saturated heterocycles. The molecule has 0 unspecified atom stereocenters. The highest BCUT2D eigenvalue weighted by atomic mass is 32.2. The topological polar surface area (TPSA) is 61.0 Å². The van der Waals surface area contributed by atoms with E-state index in [1.165, 1.54) is 11.1 Å². The van der Waals surface area contributed by atoms with E-state index in [0.717, 1.165) is 28.8 Å². The number of nitrogens with two attached hydrogens (primary N) is 1. The van der Waals surface area contributed by atoms with Crippen molar-refractivity contribution in [3.8, 4) is 5.75 Å². The van der Waals surface area contributed by atoms with E-state index in [2.05, 4.69) is 35.9 Å². The Labute approximate surface area is 130 Å². The predicted molar refractivity (Wildman–Crippen MR) is 87.9 cm³/mol. The van der Waals surface area contributed by atoms with Crippen LogP contribution in [0.2, 0.25) is 0 Å². The number of anilines is 1. The third-order valence-electron chi connectivity index (χ3n) is 3.12. The van der Waals surface area contributed by atoms with Gasteiger partial charge in [-0.3, -0.25) is 0 Å². The number of ether oxygens (including phenoxy) is 1. The smallest absolute Gasteiger partial charge is 0.189 e. The Morgan fingerprint density at radius 3 is 2.62 bits per heavy atom. The number of nitrogens with zero attached hydrogens (tertiary/aromatic N) is 2. The highest BCUT2D eigenvalue weighted by Gasteiger charge is 2.01. The molecule has 0 spiro atoms. The molecule has 0 bridgehead atoms. The van der Waals surface area contributed by atoms with Gasteiger partial charge in [-0.1, -0.05) is 17.8 Å². The zero-order valence-corrected chi connectivity index (χ0v) is 13.5. The molecule has 2 rings (SSSR count). The van der Waals surface area contributed by atoms with Gasteiger partial charge in [0.15, 0.2) is 5.16 Å². The molecule has 0 fully saturated rings. The fourth-order valence-corrected chi connectivity index (χ4v) is 2.67. The lowest BCUT2D eigenvalue weighted by atomic mass is 10.1. The number of benzene rings is 1. The first-order valence-electron chi connectivity index (χ1n) is 6.98. The Hall–Kier alpha value is -1.75. The Bertz CT molecular complexity index is 596. The maximum absolute atomic E-state index is 5.75. The second kappa shape index (κ2) is 7.31. The van der Waals surface area contributed by atoms with Crippen molar-refractivity contribution in [3.63, 3.8) is 0 Å². The summed E-state index contributed by atoms with van der Waals surface area (Å²) in [5, 5.41) is 0.735. The third kappa shape index (κ3) is 4.93. The summed E-state index contributed by atoms with van der Waals surface area (Å²) in [6.07, 6.45) is 0.939. The normalized spacial score (nSPS) is 10.6. The summed E-state index contributed by atoms with van der Waals surface area (Å²) in [6, 6.07) is 7.95. The highest BCUT2D eigenvalue weighted by Crippen LogP contribution is 2.18. The number of nitrogen functional groups attached to an aromatic ring is 1. The van der Waals surface area contributed by atoms with Gasteiger partial charge in [-0.05, 0) is 50.5 Å². The molecule has 1 heterocycles. The molecule has 4 nitrogen and oxygen atoms in total. The Morgan fingerprint density at radius 1 is 1.10 bits per heavy atom. The first kappa shape index (κ1) is 15.6. The lowest BCUT2D eigenvalue weighted by Crippen LogP contribution is -2.01. The van der Waals surface area contributed by atoms with Crippen molar-refractivity contribution in [3.05, 3.63) is 41.1 Å². The lowest BCUT2D eigenvalue weighted by molar-refractivity contribution is 0.318. The van der Waals surface area contributed by atoms with Gasteiger partial charge in [0, 0.05) is 17.5 Å². The van der Waals surface area contributed by atoms with Gasteiger partial charge in [-0.15, -0.1) is 0 Å². The quantitative estimate of drug-likeness (QED) is 0.502. The molecule has 0 amide bonds. The molecule has 1 aromatic carbocycles. The Balaban J connectivity index is 1.73. The van der Waals surface area contributed by atoms with Crippen molar-refractivity contribution >= 4 is 17.6 Å². The Kier molecular flexibility index (Phi) is 5.44. The average molecular weight is 303 g/mol. The molecule has 0 atom stereocenters. The van der Waals surface area contributed by atoms with Crippen LogP contribution in [0.15, 0.2) is 29.4 Å². The summed E-state index contributed by atoms with van der Waals surface area (Å²) in [4.78, 5) is 8.54. The molecular weight excluding hydrogens is 282 g/mol. The molecule has 2 aromatic rings. The first-order chi connectivity index (χ1) is 10.0. The van der Waals surface area contributed by atoms with E-state index < -0.39 is 0 Å². The molecule has 0 saturated carbocycles. The van der Waals surface area contributed by atoms with Crippen LogP contribution in [0.1, 0.15) is 23.2 Å². The number of aromatic nitrogens is 2. The molecule has 21 heavy (non-hydrogen) atoms. The van der Waals surface area contributed by atoms with Crippen LogP contribution in [0.4, 0.5) is 5.82 Å². The van der Waals surface area contributed by atoms with Crippen LogP contribution in [0.3, 0.4) is 0 Å². The van der Waals surface area contributed by atoms with Gasteiger partial charge in [0.1, 0.15) is 11.6 Å². The average Bonchev–Trinajstić information content (AvgIpc) is 2.41. The van der Waals surface area contributed by atoms with Crippen LogP contribution >= 0.6 is 11.8 Å². The molecule has 2 N–H and O–H groups in total. The summed E-state index contributed by atoms with van der Waals surface area (Å²) in [5.41, 5.74) is 9.14. The fourth-order valence-electron chi connectivity index (χ4n) is 1.85. The molecule has 0 aliphatic rings. The second-order valence-electron chi connectivity index (χ2n) is 5.01. The first-order valence-corrected chi connectivity index (χ1v) is 7.97. The molecule has 5 heteroatoms. The fraction of sp³-hybridized carbons (Fsp3) is 0.375. The predicted octanol–water partition coefficient (Wildman–Crippen LogP) is 3.55. The largest absolute Gasteiger partial charge is 0.494 e. The van der Waals surface area contributed by atoms with Crippen molar-refractivity contribution in [2.45, 2.75) is 32.3 Å². The van der Waals surface area contributed by atoms with Crippen LogP contribution in [-0.2, 0) is 0 Å². The molecular formula is C16H21N3OS. The minimum absolute atomic E-state index is 0.524. The van der Waals surface area contributed by atoms with Crippen LogP contribution in [-0.4, -0.2) is 22.3 Å². The maximum Gasteiger partial charge on any atom is 0.189 e. The zero-order valence-electron chi connectivity index (χ0n) is 12.7. The third-order valence-corrected chi connectivity index (χ3v) is 4.05. The van der Waals surface area contributed by atoms with Gasteiger partial charge in [-0.2, -0.15) is 0 Å². The number of hydrogen-bond acceptors (Lipinski definition) is 5. The molecule has 0 aliphatic heterocycles. The van der Waals surface area contributed by atoms with E-state index in [1.807, 2.05) is 13.0 Å². The minimum atomic E-state index is 0.524. The van der Waals surface area contributed by atoms with E-state index in [0.29, 0.717) is 12.4 Å². The maximum atomic E-state index is 5.75. The number of hydrogen-bond donors (Lipinski definition) is 1. The summed E-state index contributed by atoms with van der Waals surface area (Å²) in [5.74, 6) is 2.36. The van der Waals surface area contributed by atoms with Crippen LogP contribution in [0.5, 0.6) is 5.75 Å². The zero-order chi connectivity index (χ0) is 15.2.